The normalized spacial score (nSPS) is 10.3. The van der Waals surface area contributed by atoms with Gasteiger partial charge in [0.15, 0.2) is 0 Å². The van der Waals surface area contributed by atoms with Crippen molar-refractivity contribution >= 4 is 43.5 Å². The summed E-state index contributed by atoms with van der Waals surface area (Å²) in [5.41, 5.74) is 0. The van der Waals surface area contributed by atoms with E-state index < -0.39 is 33.7 Å². The summed E-state index contributed by atoms with van der Waals surface area (Å²) < 4.78 is 4.61. The molecule has 0 atom stereocenters. The van der Waals surface area contributed by atoms with E-state index >= 15 is 0 Å². The van der Waals surface area contributed by atoms with Gasteiger partial charge in [-0.1, -0.05) is 90.9 Å². The Labute approximate surface area is 269 Å². The van der Waals surface area contributed by atoms with Gasteiger partial charge in [-0.05, 0) is 12.8 Å². The zero-order chi connectivity index (χ0) is 31.4. The topological polar surface area (TPSA) is 74.6 Å². The molecule has 2 N–H and O–H groups in total. The maximum atomic E-state index is 10.1. The quantitative estimate of drug-likeness (QED) is 0.0944. The van der Waals surface area contributed by atoms with Gasteiger partial charge in [0.05, 0.1) is 0 Å². The molecule has 0 aromatic heterocycles. The predicted molar refractivity (Wildman–Crippen MR) is 184 cm³/mol. The van der Waals surface area contributed by atoms with Crippen LogP contribution in [0, 0.1) is 0 Å². The Morgan fingerprint density at radius 3 is 0.953 bits per heavy atom. The fourth-order valence-corrected chi connectivity index (χ4v) is 13.6. The Balaban J connectivity index is 0.000000341. The first kappa shape index (κ1) is 38.5. The average Bonchev–Trinajstić information content (AvgIpc) is 3.02. The number of carboxylic acids is 2. The summed E-state index contributed by atoms with van der Waals surface area (Å²) in [4.78, 5) is 20.3. The van der Waals surface area contributed by atoms with Crippen LogP contribution in [0.3, 0.4) is 0 Å². The molecular weight excluding hydrogens is 729 g/mol. The van der Waals surface area contributed by atoms with E-state index in [1.54, 1.807) is 0 Å². The van der Waals surface area contributed by atoms with E-state index in [1.165, 1.54) is 74.0 Å². The van der Waals surface area contributed by atoms with E-state index in [0.717, 1.165) is 25.7 Å². The number of benzene rings is 3. The van der Waals surface area contributed by atoms with Crippen molar-refractivity contribution in [2.45, 2.75) is 117 Å². The summed E-state index contributed by atoms with van der Waals surface area (Å²) in [6.45, 7) is 4.40. The van der Waals surface area contributed by atoms with Gasteiger partial charge >= 0.3 is 134 Å². The third-order valence-corrected chi connectivity index (χ3v) is 16.5. The van der Waals surface area contributed by atoms with Gasteiger partial charge in [0, 0.05) is 12.8 Å². The van der Waals surface area contributed by atoms with Gasteiger partial charge in [0.1, 0.15) is 0 Å². The van der Waals surface area contributed by atoms with Crippen molar-refractivity contribution in [3.8, 4) is 0 Å². The zero-order valence-electron chi connectivity index (χ0n) is 26.6. The molecule has 0 spiro atoms. The first-order valence-electron chi connectivity index (χ1n) is 16.4. The van der Waals surface area contributed by atoms with Crippen molar-refractivity contribution in [3.05, 3.63) is 91.0 Å². The van der Waals surface area contributed by atoms with Crippen LogP contribution >= 0.6 is 0 Å². The summed E-state index contributed by atoms with van der Waals surface area (Å²) in [6.07, 6.45) is 17.3. The van der Waals surface area contributed by atoms with Crippen LogP contribution in [0.2, 0.25) is 0 Å². The number of aliphatic carboxylic acids is 2. The number of unbranched alkanes of at least 4 members (excludes halogenated alkanes) is 12. The van der Waals surface area contributed by atoms with E-state index in [0.29, 0.717) is 12.8 Å². The van der Waals surface area contributed by atoms with Crippen molar-refractivity contribution in [3.63, 3.8) is 0 Å². The molecule has 0 heterocycles. The molecule has 0 aliphatic heterocycles. The minimum atomic E-state index is -2.06. The Morgan fingerprint density at radius 1 is 0.442 bits per heavy atom. The molecule has 0 bridgehead atoms. The van der Waals surface area contributed by atoms with Crippen LogP contribution < -0.4 is 9.81 Å². The number of hydrogen-bond donors (Lipinski definition) is 2. The van der Waals surface area contributed by atoms with Crippen molar-refractivity contribution in [1.82, 2.24) is 0 Å². The third-order valence-electron chi connectivity index (χ3n) is 7.03. The van der Waals surface area contributed by atoms with Crippen molar-refractivity contribution in [1.29, 1.82) is 0 Å². The second-order valence-electron chi connectivity index (χ2n) is 10.9. The fraction of sp³-hybridized carbons (Fsp3) is 0.474. The molecule has 3 aromatic rings. The summed E-state index contributed by atoms with van der Waals surface area (Å²) in [6, 6.07) is 33.0. The maximum absolute atomic E-state index is 10.1. The molecular formula is C38H55BiO4. The second kappa shape index (κ2) is 27.1. The average molecular weight is 785 g/mol. The van der Waals surface area contributed by atoms with E-state index in [1.807, 2.05) is 0 Å². The van der Waals surface area contributed by atoms with E-state index in [2.05, 4.69) is 105 Å². The number of carboxylic acid groups (broad SMARTS) is 2. The van der Waals surface area contributed by atoms with Crippen LogP contribution in [-0.4, -0.2) is 43.9 Å². The van der Waals surface area contributed by atoms with Crippen LogP contribution in [0.1, 0.15) is 117 Å². The summed E-state index contributed by atoms with van der Waals surface area (Å²) in [5, 5.41) is 16.7. The second-order valence-corrected chi connectivity index (χ2v) is 19.5. The number of carbonyl (C=O) groups is 2. The van der Waals surface area contributed by atoms with Gasteiger partial charge < -0.3 is 10.2 Å². The molecule has 4 nitrogen and oxygen atoms in total. The summed E-state index contributed by atoms with van der Waals surface area (Å²) in [7, 11) is 0. The van der Waals surface area contributed by atoms with Crippen LogP contribution in [0.4, 0.5) is 0 Å². The summed E-state index contributed by atoms with van der Waals surface area (Å²) >= 11 is -2.06. The van der Waals surface area contributed by atoms with Gasteiger partial charge in [-0.25, -0.2) is 0 Å². The van der Waals surface area contributed by atoms with Gasteiger partial charge in [-0.2, -0.15) is 0 Å². The van der Waals surface area contributed by atoms with Gasteiger partial charge in [0.25, 0.3) is 0 Å². The SMILES string of the molecule is CCCCCCCCCC(=O)O.CCCCCCCCCC(=O)O.c1cc[c]([Bi]([c]2ccccc2)[c]2ccccc2)cc1. The molecule has 0 aliphatic carbocycles. The molecule has 0 unspecified atom stereocenters. The molecule has 0 amide bonds. The van der Waals surface area contributed by atoms with Gasteiger partial charge in [0.2, 0.25) is 0 Å². The fourth-order valence-electron chi connectivity index (χ4n) is 4.65. The van der Waals surface area contributed by atoms with Crippen molar-refractivity contribution in [2.75, 3.05) is 0 Å². The Kier molecular flexibility index (Phi) is 24.2. The zero-order valence-corrected chi connectivity index (χ0v) is 30.1. The first-order chi connectivity index (χ1) is 21.0. The standard InChI is InChI=1S/2C10H20O2.3C6H5.Bi/c2*1-2-3-4-5-6-7-8-9-10(11)12;3*1-2-4-6-5-3-1;/h2*2-9H2,1H3,(H,11,12);3*1-5H;. The van der Waals surface area contributed by atoms with Crippen LogP contribution in [0.25, 0.3) is 0 Å². The predicted octanol–water partition coefficient (Wildman–Crippen LogP) is 8.63. The number of hydrogen-bond acceptors (Lipinski definition) is 2. The Morgan fingerprint density at radius 2 is 0.698 bits per heavy atom. The molecule has 0 radical (unpaired) electrons. The van der Waals surface area contributed by atoms with E-state index in [9.17, 15) is 9.59 Å². The van der Waals surface area contributed by atoms with Crippen LogP contribution in [0.5, 0.6) is 0 Å². The van der Waals surface area contributed by atoms with Crippen molar-refractivity contribution in [2.24, 2.45) is 0 Å². The molecule has 236 valence electrons. The van der Waals surface area contributed by atoms with Gasteiger partial charge in [-0.3, -0.25) is 9.59 Å². The summed E-state index contributed by atoms with van der Waals surface area (Å²) in [5.74, 6) is -1.33. The van der Waals surface area contributed by atoms with Crippen LogP contribution in [-0.2, 0) is 9.59 Å². The minimum absolute atomic E-state index is 0.341. The Hall–Kier alpha value is -2.52. The third kappa shape index (κ3) is 20.9. The first-order valence-corrected chi connectivity index (χ1v) is 21.6. The molecule has 0 aliphatic rings. The molecule has 3 aromatic carbocycles. The number of rotatable bonds is 19. The Bertz CT molecular complexity index is 935. The van der Waals surface area contributed by atoms with Crippen molar-refractivity contribution < 1.29 is 19.8 Å². The monoisotopic (exact) mass is 784 g/mol. The van der Waals surface area contributed by atoms with E-state index in [-0.39, 0.29) is 0 Å². The molecule has 0 saturated heterocycles. The van der Waals surface area contributed by atoms with Crippen LogP contribution in [0.15, 0.2) is 91.0 Å². The molecule has 3 rings (SSSR count). The molecule has 0 saturated carbocycles. The molecule has 0 fully saturated rings. The molecule has 5 heteroatoms. The van der Waals surface area contributed by atoms with E-state index in [4.69, 9.17) is 10.2 Å². The van der Waals surface area contributed by atoms with Gasteiger partial charge in [-0.15, -0.1) is 0 Å². The molecule has 43 heavy (non-hydrogen) atoms.